The van der Waals surface area contributed by atoms with Crippen molar-refractivity contribution in [3.63, 3.8) is 0 Å². The van der Waals surface area contributed by atoms with E-state index in [1.807, 2.05) is 0 Å². The van der Waals surface area contributed by atoms with Crippen LogP contribution < -0.4 is 19.7 Å². The molecule has 2 aromatic carbocycles. The maximum absolute atomic E-state index is 13.2. The molecule has 0 aromatic heterocycles. The van der Waals surface area contributed by atoms with Crippen LogP contribution in [0.5, 0.6) is 11.5 Å². The van der Waals surface area contributed by atoms with Gasteiger partial charge in [-0.15, -0.1) is 0 Å². The van der Waals surface area contributed by atoms with E-state index in [1.54, 1.807) is 49.4 Å². The molecule has 1 atom stereocenters. The summed E-state index contributed by atoms with van der Waals surface area (Å²) in [6, 6.07) is 11.5. The van der Waals surface area contributed by atoms with E-state index < -0.39 is 17.8 Å². The molecule has 0 radical (unpaired) electrons. The fraction of sp³-hybridized carbons (Fsp3) is 0.261. The van der Waals surface area contributed by atoms with Crippen LogP contribution in [0, 0.1) is 5.92 Å². The van der Waals surface area contributed by atoms with Crippen LogP contribution in [0.15, 0.2) is 53.7 Å². The summed E-state index contributed by atoms with van der Waals surface area (Å²) in [6.07, 6.45) is -0.214. The minimum Gasteiger partial charge on any atom is -0.497 e. The quantitative estimate of drug-likeness (QED) is 0.662. The first-order valence-corrected chi connectivity index (χ1v) is 10.1. The molecule has 8 nitrogen and oxygen atoms in total. The van der Waals surface area contributed by atoms with E-state index in [9.17, 15) is 14.4 Å². The van der Waals surface area contributed by atoms with Crippen LogP contribution in [0.1, 0.15) is 13.3 Å². The Morgan fingerprint density at radius 2 is 1.75 bits per heavy atom. The van der Waals surface area contributed by atoms with Crippen molar-refractivity contribution in [3.05, 3.63) is 58.8 Å². The van der Waals surface area contributed by atoms with Gasteiger partial charge >= 0.3 is 5.97 Å². The van der Waals surface area contributed by atoms with Crippen molar-refractivity contribution in [1.82, 2.24) is 0 Å². The average Bonchev–Trinajstić information content (AvgIpc) is 2.79. The van der Waals surface area contributed by atoms with Gasteiger partial charge in [0.15, 0.2) is 0 Å². The van der Waals surface area contributed by atoms with Crippen molar-refractivity contribution in [2.45, 2.75) is 13.3 Å². The van der Waals surface area contributed by atoms with Crippen molar-refractivity contribution >= 4 is 40.8 Å². The lowest BCUT2D eigenvalue weighted by Crippen LogP contribution is -2.43. The summed E-state index contributed by atoms with van der Waals surface area (Å²) >= 11 is 5.95. The lowest BCUT2D eigenvalue weighted by Gasteiger charge is -2.33. The van der Waals surface area contributed by atoms with Gasteiger partial charge in [-0.25, -0.2) is 4.79 Å². The molecule has 3 rings (SSSR count). The molecule has 0 aliphatic carbocycles. The highest BCUT2D eigenvalue weighted by Crippen LogP contribution is 2.36. The third-order valence-electron chi connectivity index (χ3n) is 5.17. The fourth-order valence-corrected chi connectivity index (χ4v) is 3.73. The largest absolute Gasteiger partial charge is 0.497 e. The maximum atomic E-state index is 13.2. The van der Waals surface area contributed by atoms with E-state index >= 15 is 0 Å². The molecule has 0 fully saturated rings. The van der Waals surface area contributed by atoms with Crippen LogP contribution in [0.25, 0.3) is 0 Å². The second-order valence-corrected chi connectivity index (χ2v) is 7.44. The van der Waals surface area contributed by atoms with Crippen LogP contribution >= 0.6 is 11.6 Å². The van der Waals surface area contributed by atoms with Crippen molar-refractivity contribution in [1.29, 1.82) is 0 Å². The van der Waals surface area contributed by atoms with Gasteiger partial charge < -0.3 is 19.5 Å². The van der Waals surface area contributed by atoms with Gasteiger partial charge in [0.2, 0.25) is 11.8 Å². The Morgan fingerprint density at radius 1 is 1.06 bits per heavy atom. The average molecular weight is 459 g/mol. The highest BCUT2D eigenvalue weighted by Gasteiger charge is 2.40. The van der Waals surface area contributed by atoms with Gasteiger partial charge in [0, 0.05) is 28.9 Å². The second kappa shape index (κ2) is 9.74. The van der Waals surface area contributed by atoms with Gasteiger partial charge in [0.05, 0.1) is 38.5 Å². The van der Waals surface area contributed by atoms with Crippen LogP contribution in [0.4, 0.5) is 11.4 Å². The number of hydrogen-bond acceptors (Lipinski definition) is 6. The lowest BCUT2D eigenvalue weighted by molar-refractivity contribution is -0.138. The number of halogens is 1. The summed E-state index contributed by atoms with van der Waals surface area (Å²) in [7, 11) is 4.21. The van der Waals surface area contributed by atoms with E-state index in [2.05, 4.69) is 5.32 Å². The number of hydrogen-bond donors (Lipinski definition) is 1. The number of nitrogens with zero attached hydrogens (tertiary/aromatic N) is 1. The summed E-state index contributed by atoms with van der Waals surface area (Å²) in [5.74, 6) is -1.65. The van der Waals surface area contributed by atoms with E-state index in [4.69, 9.17) is 25.8 Å². The zero-order valence-corrected chi connectivity index (χ0v) is 18.9. The molecular weight excluding hydrogens is 436 g/mol. The number of esters is 1. The molecule has 0 unspecified atom stereocenters. The minimum atomic E-state index is -1.04. The molecule has 0 bridgehead atoms. The summed E-state index contributed by atoms with van der Waals surface area (Å²) in [4.78, 5) is 40.2. The molecular formula is C23H23ClN2O6. The monoisotopic (exact) mass is 458 g/mol. The molecule has 0 saturated carbocycles. The van der Waals surface area contributed by atoms with E-state index in [0.717, 1.165) is 0 Å². The Morgan fingerprint density at radius 3 is 2.34 bits per heavy atom. The standard InChI is InChI=1S/C23H23ClN2O6/c1-13-21(23(29)32-4)17(12-20(27)26(13)15-7-5-14(24)6-8-15)22(28)25-18-10-9-16(30-2)11-19(18)31-3/h5-11,17H,12H2,1-4H3,(H,25,28)/t17-/m1/s1. The molecule has 9 heteroatoms. The number of amides is 2. The molecule has 2 amide bonds. The third-order valence-corrected chi connectivity index (χ3v) is 5.43. The molecule has 168 valence electrons. The maximum Gasteiger partial charge on any atom is 0.336 e. The first-order chi connectivity index (χ1) is 15.3. The molecule has 1 N–H and O–H groups in total. The van der Waals surface area contributed by atoms with Crippen LogP contribution in [0.2, 0.25) is 5.02 Å². The number of ether oxygens (including phenoxy) is 3. The molecule has 32 heavy (non-hydrogen) atoms. The zero-order chi connectivity index (χ0) is 23.4. The number of nitrogens with one attached hydrogen (secondary N) is 1. The van der Waals surface area contributed by atoms with E-state index in [-0.39, 0.29) is 17.9 Å². The number of allylic oxidation sites excluding steroid dienone is 1. The number of carbonyl (C=O) groups excluding carboxylic acids is 3. The molecule has 1 heterocycles. The highest BCUT2D eigenvalue weighted by atomic mass is 35.5. The van der Waals surface area contributed by atoms with Crippen LogP contribution in [-0.2, 0) is 19.1 Å². The van der Waals surface area contributed by atoms with Crippen molar-refractivity contribution < 1.29 is 28.6 Å². The second-order valence-electron chi connectivity index (χ2n) is 7.01. The normalized spacial score (nSPS) is 16.0. The summed E-state index contributed by atoms with van der Waals surface area (Å²) in [5.41, 5.74) is 1.34. The van der Waals surface area contributed by atoms with Crippen LogP contribution in [-0.4, -0.2) is 39.1 Å². The van der Waals surface area contributed by atoms with Gasteiger partial charge in [-0.1, -0.05) is 11.6 Å². The Bertz CT molecular complexity index is 1080. The van der Waals surface area contributed by atoms with Gasteiger partial charge in [-0.05, 0) is 43.3 Å². The highest BCUT2D eigenvalue weighted by molar-refractivity contribution is 6.30. The third kappa shape index (κ3) is 4.55. The predicted molar refractivity (Wildman–Crippen MR) is 120 cm³/mol. The van der Waals surface area contributed by atoms with Gasteiger partial charge in [-0.2, -0.15) is 0 Å². The lowest BCUT2D eigenvalue weighted by atomic mass is 9.88. The molecule has 1 aliphatic heterocycles. The van der Waals surface area contributed by atoms with Crippen molar-refractivity contribution in [2.75, 3.05) is 31.5 Å². The molecule has 1 aliphatic rings. The molecule has 0 saturated heterocycles. The molecule has 2 aromatic rings. The SMILES string of the molecule is COC(=O)C1=C(C)N(c2ccc(Cl)cc2)C(=O)C[C@H]1C(=O)Nc1ccc(OC)cc1OC. The minimum absolute atomic E-state index is 0.104. The van der Waals surface area contributed by atoms with Gasteiger partial charge in [0.1, 0.15) is 11.5 Å². The summed E-state index contributed by atoms with van der Waals surface area (Å²) < 4.78 is 15.4. The topological polar surface area (TPSA) is 94.2 Å². The number of benzene rings is 2. The fourth-order valence-electron chi connectivity index (χ4n) is 3.60. The molecule has 0 spiro atoms. The van der Waals surface area contributed by atoms with Crippen molar-refractivity contribution in [2.24, 2.45) is 5.92 Å². The van der Waals surface area contributed by atoms with Crippen LogP contribution in [0.3, 0.4) is 0 Å². The summed E-state index contributed by atoms with van der Waals surface area (Å²) in [5, 5.41) is 3.26. The first kappa shape index (κ1) is 23.1. The van der Waals surface area contributed by atoms with Gasteiger partial charge in [-0.3, -0.25) is 14.5 Å². The van der Waals surface area contributed by atoms with Gasteiger partial charge in [0.25, 0.3) is 0 Å². The Balaban J connectivity index is 1.99. The summed E-state index contributed by atoms with van der Waals surface area (Å²) in [6.45, 7) is 1.60. The number of anilines is 2. The smallest absolute Gasteiger partial charge is 0.336 e. The zero-order valence-electron chi connectivity index (χ0n) is 18.1. The Labute approximate surface area is 190 Å². The number of carbonyl (C=O) groups is 3. The number of rotatable bonds is 6. The Kier molecular flexibility index (Phi) is 7.05. The van der Waals surface area contributed by atoms with E-state index in [1.165, 1.54) is 26.2 Å². The van der Waals surface area contributed by atoms with Crippen molar-refractivity contribution in [3.8, 4) is 11.5 Å². The number of methoxy groups -OCH3 is 3. The predicted octanol–water partition coefficient (Wildman–Crippen LogP) is 3.80. The first-order valence-electron chi connectivity index (χ1n) is 9.71. The Hall–Kier alpha value is -3.52. The van der Waals surface area contributed by atoms with E-state index in [0.29, 0.717) is 33.6 Å².